The zero-order valence-corrected chi connectivity index (χ0v) is 11.6. The van der Waals surface area contributed by atoms with Gasteiger partial charge in [0.05, 0.1) is 14.2 Å². The highest BCUT2D eigenvalue weighted by Gasteiger charge is 2.06. The molecule has 0 saturated heterocycles. The van der Waals surface area contributed by atoms with Crippen molar-refractivity contribution in [3.8, 4) is 11.5 Å². The summed E-state index contributed by atoms with van der Waals surface area (Å²) >= 11 is 0. The van der Waals surface area contributed by atoms with Crippen LogP contribution in [-0.4, -0.2) is 39.5 Å². The summed E-state index contributed by atoms with van der Waals surface area (Å²) < 4.78 is 11.9. The van der Waals surface area contributed by atoms with E-state index in [1.165, 1.54) is 4.63 Å². The standard InChI is InChI=1S/C13H14N6O2/c1-20-10-4-3-9(11(7-10)21-2)8-14-12-5-6-13-15-17-18-19(13)16-12/h3-7H,8H2,1-2H3,(H,14,16). The van der Waals surface area contributed by atoms with Gasteiger partial charge in [0.15, 0.2) is 5.65 Å². The molecule has 8 nitrogen and oxygen atoms in total. The lowest BCUT2D eigenvalue weighted by Gasteiger charge is -2.11. The number of aromatic nitrogens is 5. The summed E-state index contributed by atoms with van der Waals surface area (Å²) in [7, 11) is 3.25. The molecule has 0 spiro atoms. The lowest BCUT2D eigenvalue weighted by Crippen LogP contribution is -2.06. The van der Waals surface area contributed by atoms with Crippen LogP contribution < -0.4 is 14.8 Å². The Kier molecular flexibility index (Phi) is 3.50. The first-order chi connectivity index (χ1) is 10.3. The Hall–Kier alpha value is -2.90. The third-order valence-corrected chi connectivity index (χ3v) is 3.02. The van der Waals surface area contributed by atoms with Gasteiger partial charge in [-0.05, 0) is 34.7 Å². The van der Waals surface area contributed by atoms with Crippen LogP contribution in [0.3, 0.4) is 0 Å². The number of hydrogen-bond acceptors (Lipinski definition) is 7. The molecule has 0 atom stereocenters. The van der Waals surface area contributed by atoms with Crippen LogP contribution in [0.25, 0.3) is 5.65 Å². The fourth-order valence-electron chi connectivity index (χ4n) is 1.93. The van der Waals surface area contributed by atoms with Crippen molar-refractivity contribution in [3.63, 3.8) is 0 Å². The van der Waals surface area contributed by atoms with Crippen LogP contribution >= 0.6 is 0 Å². The largest absolute Gasteiger partial charge is 0.497 e. The third kappa shape index (κ3) is 2.69. The fourth-order valence-corrected chi connectivity index (χ4v) is 1.93. The first kappa shape index (κ1) is 13.1. The summed E-state index contributed by atoms with van der Waals surface area (Å²) in [5.74, 6) is 2.18. The van der Waals surface area contributed by atoms with Gasteiger partial charge < -0.3 is 14.8 Å². The Morgan fingerprint density at radius 1 is 1.14 bits per heavy atom. The summed E-state index contributed by atoms with van der Waals surface area (Å²) in [5, 5.41) is 18.6. The molecule has 3 aromatic rings. The lowest BCUT2D eigenvalue weighted by atomic mass is 10.2. The summed E-state index contributed by atoms with van der Waals surface area (Å²) in [6.45, 7) is 0.563. The lowest BCUT2D eigenvalue weighted by molar-refractivity contribution is 0.391. The highest BCUT2D eigenvalue weighted by atomic mass is 16.5. The molecule has 0 saturated carbocycles. The zero-order valence-electron chi connectivity index (χ0n) is 11.6. The Morgan fingerprint density at radius 2 is 2.05 bits per heavy atom. The highest BCUT2D eigenvalue weighted by molar-refractivity contribution is 5.45. The maximum atomic E-state index is 5.36. The molecule has 0 bridgehead atoms. The van der Waals surface area contributed by atoms with E-state index in [1.807, 2.05) is 24.3 Å². The summed E-state index contributed by atoms with van der Waals surface area (Å²) in [4.78, 5) is 0. The monoisotopic (exact) mass is 286 g/mol. The number of rotatable bonds is 5. The second kappa shape index (κ2) is 5.61. The number of tetrazole rings is 1. The molecular formula is C13H14N6O2. The van der Waals surface area contributed by atoms with Gasteiger partial charge in [-0.25, -0.2) is 0 Å². The molecule has 0 fully saturated rings. The minimum Gasteiger partial charge on any atom is -0.497 e. The van der Waals surface area contributed by atoms with Crippen molar-refractivity contribution in [3.05, 3.63) is 35.9 Å². The first-order valence-electron chi connectivity index (χ1n) is 6.30. The third-order valence-electron chi connectivity index (χ3n) is 3.02. The van der Waals surface area contributed by atoms with E-state index < -0.39 is 0 Å². The van der Waals surface area contributed by atoms with Crippen molar-refractivity contribution >= 4 is 11.5 Å². The molecule has 0 aliphatic rings. The van der Waals surface area contributed by atoms with E-state index >= 15 is 0 Å². The molecular weight excluding hydrogens is 272 g/mol. The highest BCUT2D eigenvalue weighted by Crippen LogP contribution is 2.25. The summed E-state index contributed by atoms with van der Waals surface area (Å²) in [5.41, 5.74) is 1.60. The molecule has 21 heavy (non-hydrogen) atoms. The van der Waals surface area contributed by atoms with Crippen LogP contribution in [-0.2, 0) is 6.54 Å². The van der Waals surface area contributed by atoms with E-state index in [-0.39, 0.29) is 0 Å². The van der Waals surface area contributed by atoms with Crippen LogP contribution in [0.15, 0.2) is 30.3 Å². The number of hydrogen-bond donors (Lipinski definition) is 1. The van der Waals surface area contributed by atoms with Crippen LogP contribution in [0.4, 0.5) is 5.82 Å². The normalized spacial score (nSPS) is 10.6. The molecule has 1 aromatic carbocycles. The van der Waals surface area contributed by atoms with Crippen molar-refractivity contribution in [1.82, 2.24) is 25.3 Å². The number of fused-ring (bicyclic) bond motifs is 1. The molecule has 0 aliphatic carbocycles. The van der Waals surface area contributed by atoms with Gasteiger partial charge >= 0.3 is 0 Å². The first-order valence-corrected chi connectivity index (χ1v) is 6.30. The minimum atomic E-state index is 0.563. The van der Waals surface area contributed by atoms with Crippen LogP contribution in [0.2, 0.25) is 0 Å². The second-order valence-corrected chi connectivity index (χ2v) is 4.28. The van der Waals surface area contributed by atoms with Gasteiger partial charge in [0.25, 0.3) is 0 Å². The van der Waals surface area contributed by atoms with Crippen LogP contribution in [0.1, 0.15) is 5.56 Å². The molecule has 0 radical (unpaired) electrons. The van der Waals surface area contributed by atoms with E-state index in [0.29, 0.717) is 18.0 Å². The second-order valence-electron chi connectivity index (χ2n) is 4.28. The van der Waals surface area contributed by atoms with E-state index in [1.54, 1.807) is 20.3 Å². The van der Waals surface area contributed by atoms with E-state index in [9.17, 15) is 0 Å². The quantitative estimate of drug-likeness (QED) is 0.752. The molecule has 0 amide bonds. The van der Waals surface area contributed by atoms with E-state index in [4.69, 9.17) is 9.47 Å². The average Bonchev–Trinajstić information content (AvgIpc) is 3.00. The van der Waals surface area contributed by atoms with Gasteiger partial charge in [0.1, 0.15) is 17.3 Å². The number of anilines is 1. The SMILES string of the molecule is COc1ccc(CNc2ccc3nnnn3n2)c(OC)c1. The average molecular weight is 286 g/mol. The van der Waals surface area contributed by atoms with Gasteiger partial charge in [-0.3, -0.25) is 0 Å². The molecule has 3 rings (SSSR count). The summed E-state index contributed by atoms with van der Waals surface area (Å²) in [6, 6.07) is 9.29. The van der Waals surface area contributed by atoms with Crippen molar-refractivity contribution < 1.29 is 9.47 Å². The van der Waals surface area contributed by atoms with Crippen molar-refractivity contribution in [2.75, 3.05) is 19.5 Å². The fraction of sp³-hybridized carbons (Fsp3) is 0.231. The van der Waals surface area contributed by atoms with Gasteiger partial charge in [-0.1, -0.05) is 0 Å². The molecule has 1 N–H and O–H groups in total. The number of ether oxygens (including phenoxy) is 2. The van der Waals surface area contributed by atoms with Gasteiger partial charge in [0.2, 0.25) is 0 Å². The number of nitrogens with zero attached hydrogens (tertiary/aromatic N) is 5. The van der Waals surface area contributed by atoms with Crippen LogP contribution in [0.5, 0.6) is 11.5 Å². The van der Waals surface area contributed by atoms with Gasteiger partial charge in [0, 0.05) is 18.2 Å². The summed E-state index contributed by atoms with van der Waals surface area (Å²) in [6.07, 6.45) is 0. The Bertz CT molecular complexity index is 757. The Labute approximate surface area is 120 Å². The van der Waals surface area contributed by atoms with Gasteiger partial charge in [-0.15, -0.1) is 14.8 Å². The van der Waals surface area contributed by atoms with Crippen molar-refractivity contribution in [1.29, 1.82) is 0 Å². The number of nitrogens with one attached hydrogen (secondary N) is 1. The Balaban J connectivity index is 1.77. The zero-order chi connectivity index (χ0) is 14.7. The topological polar surface area (TPSA) is 86.5 Å². The van der Waals surface area contributed by atoms with Crippen molar-refractivity contribution in [2.45, 2.75) is 6.54 Å². The number of methoxy groups -OCH3 is 2. The molecule has 108 valence electrons. The smallest absolute Gasteiger partial charge is 0.200 e. The predicted octanol–water partition coefficient (Wildman–Crippen LogP) is 1.15. The molecule has 0 unspecified atom stereocenters. The minimum absolute atomic E-state index is 0.563. The van der Waals surface area contributed by atoms with Crippen LogP contribution in [0, 0.1) is 0 Å². The maximum Gasteiger partial charge on any atom is 0.200 e. The molecule has 0 aliphatic heterocycles. The van der Waals surface area contributed by atoms with Crippen molar-refractivity contribution in [2.24, 2.45) is 0 Å². The maximum absolute atomic E-state index is 5.36. The molecule has 8 heteroatoms. The molecule has 2 aromatic heterocycles. The number of benzene rings is 1. The Morgan fingerprint density at radius 3 is 2.86 bits per heavy atom. The molecule has 2 heterocycles. The van der Waals surface area contributed by atoms with Gasteiger partial charge in [-0.2, -0.15) is 0 Å². The predicted molar refractivity (Wildman–Crippen MR) is 75.4 cm³/mol. The van der Waals surface area contributed by atoms with E-state index in [2.05, 4.69) is 25.9 Å². The van der Waals surface area contributed by atoms with E-state index in [0.717, 1.165) is 17.1 Å².